The summed E-state index contributed by atoms with van der Waals surface area (Å²) < 4.78 is 31.7. The molecule has 144 valence electrons. The normalized spacial score (nSPS) is 10.9. The van der Waals surface area contributed by atoms with Crippen molar-refractivity contribution in [1.82, 2.24) is 5.32 Å². The molecule has 4 N–H and O–H groups in total. The third-order valence-electron chi connectivity index (χ3n) is 3.14. The minimum atomic E-state index is -4.09. The Morgan fingerprint density at radius 1 is 1.19 bits per heavy atom. The number of carbonyl (C=O) groups is 3. The molecule has 0 aliphatic carbocycles. The molecular weight excluding hydrogens is 378 g/mol. The highest BCUT2D eigenvalue weighted by molar-refractivity contribution is 7.89. The molecule has 11 heteroatoms. The molecule has 0 spiro atoms. The quantitative estimate of drug-likeness (QED) is 0.575. The maximum absolute atomic E-state index is 11.9. The molecule has 0 atom stereocenters. The number of hydrogen-bond acceptors (Lipinski definition) is 7. The number of anilines is 1. The first-order chi connectivity index (χ1) is 12.7. The van der Waals surface area contributed by atoms with Gasteiger partial charge in [0, 0.05) is 17.8 Å². The van der Waals surface area contributed by atoms with Gasteiger partial charge in [0.25, 0.3) is 21.8 Å². The molecule has 1 aromatic heterocycles. The van der Waals surface area contributed by atoms with Gasteiger partial charge in [0.1, 0.15) is 0 Å². The first kappa shape index (κ1) is 20.1. The summed E-state index contributed by atoms with van der Waals surface area (Å²) in [5, 5.41) is 9.37. The molecule has 10 nitrogen and oxygen atoms in total. The standard InChI is InChI=1S/C16H17N3O7S/c1-2-18-15(21)10-4-3-5-11(8-10)19-13(20)9-25-16(22)12-6-7-14(26-12)27(17,23)24/h3-8H,2,9H2,1H3,(H,18,21)(H,19,20)(H2,17,23,24). The number of amides is 2. The minimum absolute atomic E-state index is 0.288. The molecule has 0 aliphatic heterocycles. The summed E-state index contributed by atoms with van der Waals surface area (Å²) in [6.07, 6.45) is 0. The predicted octanol–water partition coefficient (Wildman–Crippen LogP) is 0.472. The van der Waals surface area contributed by atoms with Gasteiger partial charge in [-0.25, -0.2) is 18.4 Å². The van der Waals surface area contributed by atoms with Crippen LogP contribution in [-0.2, 0) is 19.6 Å². The van der Waals surface area contributed by atoms with E-state index in [9.17, 15) is 22.8 Å². The lowest BCUT2D eigenvalue weighted by Crippen LogP contribution is -2.23. The van der Waals surface area contributed by atoms with Gasteiger partial charge in [0.2, 0.25) is 10.9 Å². The van der Waals surface area contributed by atoms with Crippen LogP contribution in [0, 0.1) is 0 Å². The SMILES string of the molecule is CCNC(=O)c1cccc(NC(=O)COC(=O)c2ccc(S(N)(=O)=O)o2)c1. The van der Waals surface area contributed by atoms with E-state index in [-0.39, 0.29) is 5.91 Å². The highest BCUT2D eigenvalue weighted by atomic mass is 32.2. The van der Waals surface area contributed by atoms with Gasteiger partial charge in [-0.05, 0) is 37.3 Å². The van der Waals surface area contributed by atoms with Crippen molar-refractivity contribution in [2.24, 2.45) is 5.14 Å². The van der Waals surface area contributed by atoms with E-state index in [1.165, 1.54) is 6.07 Å². The van der Waals surface area contributed by atoms with Gasteiger partial charge >= 0.3 is 5.97 Å². The van der Waals surface area contributed by atoms with Crippen molar-refractivity contribution in [3.8, 4) is 0 Å². The number of ether oxygens (including phenoxy) is 1. The largest absolute Gasteiger partial charge is 0.450 e. The van der Waals surface area contributed by atoms with E-state index in [0.717, 1.165) is 12.1 Å². The average molecular weight is 395 g/mol. The molecule has 2 rings (SSSR count). The van der Waals surface area contributed by atoms with Crippen LogP contribution in [0.15, 0.2) is 45.9 Å². The summed E-state index contributed by atoms with van der Waals surface area (Å²) >= 11 is 0. The molecule has 0 unspecified atom stereocenters. The van der Waals surface area contributed by atoms with Crippen LogP contribution in [0.3, 0.4) is 0 Å². The van der Waals surface area contributed by atoms with Gasteiger partial charge in [-0.15, -0.1) is 0 Å². The molecule has 1 aromatic carbocycles. The maximum Gasteiger partial charge on any atom is 0.374 e. The zero-order chi connectivity index (χ0) is 20.0. The smallest absolute Gasteiger partial charge is 0.374 e. The molecular formula is C16H17N3O7S. The highest BCUT2D eigenvalue weighted by Crippen LogP contribution is 2.14. The number of rotatable bonds is 7. The number of nitrogens with one attached hydrogen (secondary N) is 2. The molecule has 0 bridgehead atoms. The summed E-state index contributed by atoms with van der Waals surface area (Å²) in [7, 11) is -4.09. The second-order valence-corrected chi connectivity index (χ2v) is 6.72. The first-order valence-corrected chi connectivity index (χ1v) is 9.23. The zero-order valence-corrected chi connectivity index (χ0v) is 15.0. The zero-order valence-electron chi connectivity index (χ0n) is 14.2. The van der Waals surface area contributed by atoms with E-state index in [4.69, 9.17) is 14.3 Å². The van der Waals surface area contributed by atoms with Crippen molar-refractivity contribution in [2.75, 3.05) is 18.5 Å². The number of nitrogens with two attached hydrogens (primary N) is 1. The topological polar surface area (TPSA) is 158 Å². The van der Waals surface area contributed by atoms with Crippen molar-refractivity contribution >= 4 is 33.5 Å². The van der Waals surface area contributed by atoms with Crippen LogP contribution < -0.4 is 15.8 Å². The number of sulfonamides is 1. The molecule has 0 saturated carbocycles. The van der Waals surface area contributed by atoms with Gasteiger partial charge < -0.3 is 19.8 Å². The maximum atomic E-state index is 11.9. The third-order valence-corrected chi connectivity index (χ3v) is 3.92. The van der Waals surface area contributed by atoms with E-state index < -0.39 is 39.4 Å². The summed E-state index contributed by atoms with van der Waals surface area (Å²) in [4.78, 5) is 35.4. The van der Waals surface area contributed by atoms with Crippen molar-refractivity contribution in [3.05, 3.63) is 47.7 Å². The number of esters is 1. The van der Waals surface area contributed by atoms with Crippen LogP contribution in [0.2, 0.25) is 0 Å². The lowest BCUT2D eigenvalue weighted by Gasteiger charge is -2.08. The number of benzene rings is 1. The Hall–Kier alpha value is -3.18. The molecule has 0 saturated heterocycles. The van der Waals surface area contributed by atoms with Crippen molar-refractivity contribution < 1.29 is 32.0 Å². The monoisotopic (exact) mass is 395 g/mol. The predicted molar refractivity (Wildman–Crippen MR) is 93.4 cm³/mol. The molecule has 1 heterocycles. The third kappa shape index (κ3) is 5.66. The second kappa shape index (κ2) is 8.47. The van der Waals surface area contributed by atoms with E-state index in [1.807, 2.05) is 0 Å². The van der Waals surface area contributed by atoms with Crippen molar-refractivity contribution in [1.29, 1.82) is 0 Å². The van der Waals surface area contributed by atoms with Crippen LogP contribution in [-0.4, -0.2) is 39.4 Å². The molecule has 0 aliphatic rings. The molecule has 2 aromatic rings. The summed E-state index contributed by atoms with van der Waals surface area (Å²) in [5.74, 6) is -2.39. The first-order valence-electron chi connectivity index (χ1n) is 7.68. The lowest BCUT2D eigenvalue weighted by molar-refractivity contribution is -0.119. The Morgan fingerprint density at radius 3 is 2.56 bits per heavy atom. The average Bonchev–Trinajstić information content (AvgIpc) is 3.11. The van der Waals surface area contributed by atoms with E-state index >= 15 is 0 Å². The number of primary sulfonamides is 1. The molecule has 27 heavy (non-hydrogen) atoms. The van der Waals surface area contributed by atoms with Gasteiger partial charge in [-0.1, -0.05) is 6.07 Å². The van der Waals surface area contributed by atoms with Crippen molar-refractivity contribution in [2.45, 2.75) is 12.0 Å². The minimum Gasteiger partial charge on any atom is -0.450 e. The van der Waals surface area contributed by atoms with Crippen LogP contribution >= 0.6 is 0 Å². The summed E-state index contributed by atoms with van der Waals surface area (Å²) in [5.41, 5.74) is 0.701. The summed E-state index contributed by atoms with van der Waals surface area (Å²) in [6.45, 7) is 1.60. The highest BCUT2D eigenvalue weighted by Gasteiger charge is 2.19. The fraction of sp³-hybridized carbons (Fsp3) is 0.188. The molecule has 0 radical (unpaired) electrons. The van der Waals surface area contributed by atoms with Crippen LogP contribution in [0.4, 0.5) is 5.69 Å². The fourth-order valence-corrected chi connectivity index (χ4v) is 2.45. The van der Waals surface area contributed by atoms with Crippen LogP contribution in [0.25, 0.3) is 0 Å². The Kier molecular flexibility index (Phi) is 6.32. The van der Waals surface area contributed by atoms with Crippen molar-refractivity contribution in [3.63, 3.8) is 0 Å². The van der Waals surface area contributed by atoms with E-state index in [0.29, 0.717) is 17.8 Å². The number of carbonyl (C=O) groups excluding carboxylic acids is 3. The van der Waals surface area contributed by atoms with E-state index in [2.05, 4.69) is 10.6 Å². The van der Waals surface area contributed by atoms with Crippen LogP contribution in [0.1, 0.15) is 27.8 Å². The van der Waals surface area contributed by atoms with E-state index in [1.54, 1.807) is 25.1 Å². The molecule has 0 fully saturated rings. The molecule has 2 amide bonds. The lowest BCUT2D eigenvalue weighted by atomic mass is 10.2. The fourth-order valence-electron chi connectivity index (χ4n) is 1.98. The Labute approximate surface area is 154 Å². The number of furan rings is 1. The summed E-state index contributed by atoms with van der Waals surface area (Å²) in [6, 6.07) is 8.27. The van der Waals surface area contributed by atoms with Gasteiger partial charge in [0.05, 0.1) is 0 Å². The second-order valence-electron chi connectivity index (χ2n) is 5.23. The Balaban J connectivity index is 1.93. The van der Waals surface area contributed by atoms with Gasteiger partial charge in [0.15, 0.2) is 6.61 Å². The van der Waals surface area contributed by atoms with Gasteiger partial charge in [-0.3, -0.25) is 9.59 Å². The van der Waals surface area contributed by atoms with Gasteiger partial charge in [-0.2, -0.15) is 0 Å². The Bertz CT molecular complexity index is 966. The van der Waals surface area contributed by atoms with Crippen LogP contribution in [0.5, 0.6) is 0 Å². The Morgan fingerprint density at radius 2 is 1.93 bits per heavy atom. The number of hydrogen-bond donors (Lipinski definition) is 3.